The first kappa shape index (κ1) is 12.8. The summed E-state index contributed by atoms with van der Waals surface area (Å²) in [7, 11) is 0. The summed E-state index contributed by atoms with van der Waals surface area (Å²) in [4.78, 5) is 21.8. The van der Waals surface area contributed by atoms with Crippen LogP contribution in [0.15, 0.2) is 30.3 Å². The molecule has 0 saturated heterocycles. The van der Waals surface area contributed by atoms with Gasteiger partial charge in [0.15, 0.2) is 0 Å². The van der Waals surface area contributed by atoms with Crippen molar-refractivity contribution in [3.05, 3.63) is 35.9 Å². The molecule has 0 radical (unpaired) electrons. The van der Waals surface area contributed by atoms with Gasteiger partial charge in [0.05, 0.1) is 0 Å². The van der Waals surface area contributed by atoms with Gasteiger partial charge < -0.3 is 16.2 Å². The van der Waals surface area contributed by atoms with Crippen molar-refractivity contribution >= 4 is 23.6 Å². The highest BCUT2D eigenvalue weighted by Crippen LogP contribution is 2.07. The maximum atomic E-state index is 11.3. The van der Waals surface area contributed by atoms with Gasteiger partial charge in [-0.2, -0.15) is 0 Å². The number of carbonyl (C=O) groups is 2. The summed E-state index contributed by atoms with van der Waals surface area (Å²) in [5.41, 5.74) is 6.96. The highest BCUT2D eigenvalue weighted by molar-refractivity contribution is 5.94. The topological polar surface area (TPSA) is 92.4 Å². The fourth-order valence-electron chi connectivity index (χ4n) is 1.16. The van der Waals surface area contributed by atoms with Crippen molar-refractivity contribution in [2.75, 3.05) is 5.73 Å². The summed E-state index contributed by atoms with van der Waals surface area (Å²) in [6.45, 7) is 1.40. The first-order chi connectivity index (χ1) is 7.99. The number of hydrogen-bond donors (Lipinski definition) is 3. The molecule has 90 valence electrons. The van der Waals surface area contributed by atoms with Gasteiger partial charge in [-0.15, -0.1) is 0 Å². The zero-order chi connectivity index (χ0) is 12.8. The number of carboxylic acids is 1. The summed E-state index contributed by atoms with van der Waals surface area (Å²) in [5, 5.41) is 10.9. The van der Waals surface area contributed by atoms with Crippen LogP contribution in [0.4, 0.5) is 5.69 Å². The van der Waals surface area contributed by atoms with Crippen molar-refractivity contribution in [1.29, 1.82) is 0 Å². The Hall–Kier alpha value is -2.30. The molecule has 5 nitrogen and oxygen atoms in total. The summed E-state index contributed by atoms with van der Waals surface area (Å²) in [6.07, 6.45) is 2.84. The smallest absolute Gasteiger partial charge is 0.325 e. The molecule has 0 unspecified atom stereocenters. The quantitative estimate of drug-likeness (QED) is 0.532. The third-order valence-electron chi connectivity index (χ3n) is 2.07. The predicted octanol–water partition coefficient (Wildman–Crippen LogP) is 0.871. The molecular weight excluding hydrogens is 220 g/mol. The molecule has 17 heavy (non-hydrogen) atoms. The second kappa shape index (κ2) is 5.69. The lowest BCUT2D eigenvalue weighted by Gasteiger charge is -2.05. The number of carbonyl (C=O) groups excluding carboxylic acids is 1. The summed E-state index contributed by atoms with van der Waals surface area (Å²) in [5.74, 6) is -1.53. The molecule has 5 heteroatoms. The normalized spacial score (nSPS) is 12.3. The Kier molecular flexibility index (Phi) is 4.28. The number of hydrogen-bond acceptors (Lipinski definition) is 3. The molecule has 0 spiro atoms. The second-order valence-corrected chi connectivity index (χ2v) is 3.57. The summed E-state index contributed by atoms with van der Waals surface area (Å²) >= 11 is 0. The Bertz CT molecular complexity index is 455. The van der Waals surface area contributed by atoms with Crippen molar-refractivity contribution in [3.8, 4) is 0 Å². The molecule has 4 N–H and O–H groups in total. The third-order valence-corrected chi connectivity index (χ3v) is 2.07. The lowest BCUT2D eigenvalue weighted by molar-refractivity contribution is -0.140. The molecule has 0 bridgehead atoms. The standard InChI is InChI=1S/C12H14N2O3/c1-8(12(16)17)14-11(15)6-5-9-3-2-4-10(13)7-9/h2-8H,13H2,1H3,(H,14,15)(H,16,17)/b6-5+/t8-/m1/s1. The van der Waals surface area contributed by atoms with Crippen LogP contribution in [-0.4, -0.2) is 23.0 Å². The molecule has 0 aliphatic heterocycles. The van der Waals surface area contributed by atoms with Gasteiger partial charge in [-0.3, -0.25) is 9.59 Å². The van der Waals surface area contributed by atoms with E-state index in [9.17, 15) is 9.59 Å². The molecular formula is C12H14N2O3. The van der Waals surface area contributed by atoms with E-state index in [1.54, 1.807) is 30.3 Å². The van der Waals surface area contributed by atoms with E-state index in [0.717, 1.165) is 5.56 Å². The minimum absolute atomic E-state index is 0.456. The van der Waals surface area contributed by atoms with Crippen LogP contribution in [0.5, 0.6) is 0 Å². The predicted molar refractivity (Wildman–Crippen MR) is 65.1 cm³/mol. The number of nitrogen functional groups attached to an aromatic ring is 1. The van der Waals surface area contributed by atoms with Gasteiger partial charge in [-0.05, 0) is 30.7 Å². The van der Waals surface area contributed by atoms with Crippen LogP contribution >= 0.6 is 0 Å². The molecule has 0 aliphatic carbocycles. The number of nitrogens with two attached hydrogens (primary N) is 1. The van der Waals surface area contributed by atoms with Crippen molar-refractivity contribution in [2.24, 2.45) is 0 Å². The molecule has 1 rings (SSSR count). The zero-order valence-electron chi connectivity index (χ0n) is 9.38. The van der Waals surface area contributed by atoms with Gasteiger partial charge in [0.25, 0.3) is 0 Å². The number of amides is 1. The molecule has 0 aromatic heterocycles. The Morgan fingerprint density at radius 3 is 2.76 bits per heavy atom. The average Bonchev–Trinajstić information content (AvgIpc) is 2.26. The van der Waals surface area contributed by atoms with Crippen LogP contribution in [0.2, 0.25) is 0 Å². The van der Waals surface area contributed by atoms with Gasteiger partial charge in [0, 0.05) is 11.8 Å². The summed E-state index contributed by atoms with van der Waals surface area (Å²) in [6, 6.07) is 6.11. The van der Waals surface area contributed by atoms with Gasteiger partial charge in [0.2, 0.25) is 5.91 Å². The summed E-state index contributed by atoms with van der Waals surface area (Å²) < 4.78 is 0. The van der Waals surface area contributed by atoms with Crippen LogP contribution in [0.25, 0.3) is 6.08 Å². The Labute approximate surface area is 98.9 Å². The molecule has 0 saturated carbocycles. The minimum atomic E-state index is -1.07. The molecule has 1 amide bonds. The minimum Gasteiger partial charge on any atom is -0.480 e. The Morgan fingerprint density at radius 2 is 2.18 bits per heavy atom. The molecule has 0 aliphatic rings. The van der Waals surface area contributed by atoms with Crippen LogP contribution < -0.4 is 11.1 Å². The van der Waals surface area contributed by atoms with E-state index in [1.165, 1.54) is 13.0 Å². The van der Waals surface area contributed by atoms with Gasteiger partial charge in [0.1, 0.15) is 6.04 Å². The van der Waals surface area contributed by atoms with Crippen LogP contribution in [0.1, 0.15) is 12.5 Å². The average molecular weight is 234 g/mol. The Balaban J connectivity index is 2.59. The van der Waals surface area contributed by atoms with E-state index in [-0.39, 0.29) is 0 Å². The van der Waals surface area contributed by atoms with Gasteiger partial charge in [-0.25, -0.2) is 0 Å². The fraction of sp³-hybridized carbons (Fsp3) is 0.167. The van der Waals surface area contributed by atoms with Crippen LogP contribution in [0, 0.1) is 0 Å². The lowest BCUT2D eigenvalue weighted by atomic mass is 10.2. The molecule has 1 aromatic rings. The Morgan fingerprint density at radius 1 is 1.47 bits per heavy atom. The van der Waals surface area contributed by atoms with Crippen molar-refractivity contribution in [3.63, 3.8) is 0 Å². The first-order valence-corrected chi connectivity index (χ1v) is 5.06. The number of anilines is 1. The highest BCUT2D eigenvalue weighted by atomic mass is 16.4. The van der Waals surface area contributed by atoms with E-state index in [2.05, 4.69) is 5.32 Å². The third kappa shape index (κ3) is 4.38. The van der Waals surface area contributed by atoms with E-state index >= 15 is 0 Å². The van der Waals surface area contributed by atoms with E-state index in [4.69, 9.17) is 10.8 Å². The second-order valence-electron chi connectivity index (χ2n) is 3.57. The first-order valence-electron chi connectivity index (χ1n) is 5.06. The molecule has 0 fully saturated rings. The van der Waals surface area contributed by atoms with E-state index in [0.29, 0.717) is 5.69 Å². The number of aliphatic carboxylic acids is 1. The maximum absolute atomic E-state index is 11.3. The van der Waals surface area contributed by atoms with Crippen molar-refractivity contribution < 1.29 is 14.7 Å². The SMILES string of the molecule is C[C@@H](NC(=O)/C=C/c1cccc(N)c1)C(=O)O. The maximum Gasteiger partial charge on any atom is 0.325 e. The van der Waals surface area contributed by atoms with Crippen molar-refractivity contribution in [1.82, 2.24) is 5.32 Å². The number of nitrogens with one attached hydrogen (secondary N) is 1. The number of carboxylic acid groups (broad SMARTS) is 1. The number of benzene rings is 1. The fourth-order valence-corrected chi connectivity index (χ4v) is 1.16. The lowest BCUT2D eigenvalue weighted by Crippen LogP contribution is -2.37. The van der Waals surface area contributed by atoms with Crippen LogP contribution in [0.3, 0.4) is 0 Å². The highest BCUT2D eigenvalue weighted by Gasteiger charge is 2.11. The van der Waals surface area contributed by atoms with E-state index < -0.39 is 17.9 Å². The van der Waals surface area contributed by atoms with Gasteiger partial charge in [-0.1, -0.05) is 12.1 Å². The van der Waals surface area contributed by atoms with Crippen molar-refractivity contribution in [2.45, 2.75) is 13.0 Å². The van der Waals surface area contributed by atoms with Crippen LogP contribution in [-0.2, 0) is 9.59 Å². The van der Waals surface area contributed by atoms with E-state index in [1.807, 2.05) is 0 Å². The zero-order valence-corrected chi connectivity index (χ0v) is 9.38. The molecule has 0 heterocycles. The largest absolute Gasteiger partial charge is 0.480 e. The molecule has 1 aromatic carbocycles. The van der Waals surface area contributed by atoms with Gasteiger partial charge >= 0.3 is 5.97 Å². The monoisotopic (exact) mass is 234 g/mol. The number of rotatable bonds is 4. The molecule has 1 atom stereocenters.